The highest BCUT2D eigenvalue weighted by atomic mass is 16.5. The average molecular weight is 263 g/mol. The molecular weight excluding hydrogens is 242 g/mol. The number of ether oxygens (including phenoxy) is 2. The van der Waals surface area contributed by atoms with Crippen LogP contribution in [0.4, 0.5) is 5.69 Å². The Labute approximate surface area is 114 Å². The van der Waals surface area contributed by atoms with E-state index in [9.17, 15) is 0 Å². The first-order chi connectivity index (χ1) is 9.24. The van der Waals surface area contributed by atoms with Crippen molar-refractivity contribution in [2.24, 2.45) is 4.99 Å². The fourth-order valence-corrected chi connectivity index (χ4v) is 1.51. The lowest BCUT2D eigenvalue weighted by Gasteiger charge is -2.13. The molecule has 2 N–H and O–H groups in total. The van der Waals surface area contributed by atoms with E-state index in [4.69, 9.17) is 9.47 Å². The van der Waals surface area contributed by atoms with E-state index >= 15 is 0 Å². The molecule has 0 aliphatic rings. The minimum atomic E-state index is 0.558. The first-order valence-corrected chi connectivity index (χ1v) is 6.13. The molecule has 104 valence electrons. The first kappa shape index (κ1) is 14.9. The number of hydrogen-bond donors (Lipinski definition) is 2. The molecule has 0 spiro atoms. The van der Waals surface area contributed by atoms with Gasteiger partial charge in [-0.05, 0) is 19.1 Å². The van der Waals surface area contributed by atoms with Gasteiger partial charge < -0.3 is 20.1 Å². The van der Waals surface area contributed by atoms with E-state index < -0.39 is 0 Å². The maximum Gasteiger partial charge on any atom is 0.196 e. The summed E-state index contributed by atoms with van der Waals surface area (Å²) in [5.74, 6) is 2.07. The number of benzene rings is 1. The molecule has 0 aliphatic heterocycles. The summed E-state index contributed by atoms with van der Waals surface area (Å²) in [4.78, 5) is 4.33. The summed E-state index contributed by atoms with van der Waals surface area (Å²) in [5, 5.41) is 6.35. The number of nitrogens with zero attached hydrogens (tertiary/aromatic N) is 1. The van der Waals surface area contributed by atoms with Gasteiger partial charge in [0.2, 0.25) is 0 Å². The number of hydrogen-bond acceptors (Lipinski definition) is 3. The molecule has 0 bridgehead atoms. The Morgan fingerprint density at radius 2 is 2.05 bits per heavy atom. The van der Waals surface area contributed by atoms with Gasteiger partial charge in [0.15, 0.2) is 17.5 Å². The molecule has 19 heavy (non-hydrogen) atoms. The number of methoxy groups -OCH3 is 2. The lowest BCUT2D eigenvalue weighted by molar-refractivity contribution is 0.355. The van der Waals surface area contributed by atoms with Gasteiger partial charge in [0, 0.05) is 18.3 Å². The zero-order valence-electron chi connectivity index (χ0n) is 11.7. The Morgan fingerprint density at radius 3 is 2.63 bits per heavy atom. The van der Waals surface area contributed by atoms with Crippen molar-refractivity contribution in [3.05, 3.63) is 30.9 Å². The van der Waals surface area contributed by atoms with Gasteiger partial charge in [-0.15, -0.1) is 6.58 Å². The molecular formula is C14H21N3O2. The SMILES string of the molecule is C=CCN=C(NCC)Nc1ccc(OC)c(OC)c1. The van der Waals surface area contributed by atoms with E-state index in [-0.39, 0.29) is 0 Å². The average Bonchev–Trinajstić information content (AvgIpc) is 2.44. The quantitative estimate of drug-likeness (QED) is 0.469. The van der Waals surface area contributed by atoms with Gasteiger partial charge in [-0.25, -0.2) is 4.99 Å². The van der Waals surface area contributed by atoms with E-state index in [0.29, 0.717) is 24.0 Å². The Kier molecular flexibility index (Phi) is 6.29. The number of nitrogens with one attached hydrogen (secondary N) is 2. The molecule has 1 aromatic carbocycles. The highest BCUT2D eigenvalue weighted by Gasteiger charge is 2.05. The maximum absolute atomic E-state index is 5.26. The van der Waals surface area contributed by atoms with Crippen molar-refractivity contribution in [3.8, 4) is 11.5 Å². The highest BCUT2D eigenvalue weighted by molar-refractivity contribution is 5.94. The van der Waals surface area contributed by atoms with Crippen LogP contribution in [0, 0.1) is 0 Å². The third-order valence-corrected chi connectivity index (χ3v) is 2.37. The molecule has 0 saturated carbocycles. The van der Waals surface area contributed by atoms with E-state index in [1.807, 2.05) is 25.1 Å². The summed E-state index contributed by atoms with van der Waals surface area (Å²) in [6, 6.07) is 5.61. The largest absolute Gasteiger partial charge is 0.493 e. The predicted octanol–water partition coefficient (Wildman–Crippen LogP) is 2.27. The van der Waals surface area contributed by atoms with Gasteiger partial charge >= 0.3 is 0 Å². The smallest absolute Gasteiger partial charge is 0.196 e. The standard InChI is InChI=1S/C14H21N3O2/c1-5-9-16-14(15-6-2)17-11-7-8-12(18-3)13(10-11)19-4/h5,7-8,10H,1,6,9H2,2-4H3,(H2,15,16,17). The second kappa shape index (κ2) is 8.02. The fourth-order valence-electron chi connectivity index (χ4n) is 1.51. The van der Waals surface area contributed by atoms with Crippen LogP contribution in [-0.4, -0.2) is 33.3 Å². The monoisotopic (exact) mass is 263 g/mol. The van der Waals surface area contributed by atoms with Crippen molar-refractivity contribution in [2.45, 2.75) is 6.92 Å². The molecule has 0 fully saturated rings. The van der Waals surface area contributed by atoms with E-state index in [0.717, 1.165) is 12.2 Å². The summed E-state index contributed by atoms with van der Waals surface area (Å²) in [6.07, 6.45) is 1.74. The number of rotatable bonds is 6. The summed E-state index contributed by atoms with van der Waals surface area (Å²) >= 11 is 0. The lowest BCUT2D eigenvalue weighted by Crippen LogP contribution is -2.30. The van der Waals surface area contributed by atoms with Crippen molar-refractivity contribution in [1.82, 2.24) is 5.32 Å². The minimum absolute atomic E-state index is 0.558. The summed E-state index contributed by atoms with van der Waals surface area (Å²) in [5.41, 5.74) is 0.876. The van der Waals surface area contributed by atoms with Gasteiger partial charge in [-0.2, -0.15) is 0 Å². The van der Waals surface area contributed by atoms with Crippen LogP contribution in [0.15, 0.2) is 35.8 Å². The Bertz CT molecular complexity index is 444. The Morgan fingerprint density at radius 1 is 1.32 bits per heavy atom. The van der Waals surface area contributed by atoms with Crippen LogP contribution in [0.2, 0.25) is 0 Å². The van der Waals surface area contributed by atoms with Crippen molar-refractivity contribution >= 4 is 11.6 Å². The molecule has 0 atom stereocenters. The highest BCUT2D eigenvalue weighted by Crippen LogP contribution is 2.29. The Hall–Kier alpha value is -2.17. The van der Waals surface area contributed by atoms with Crippen LogP contribution < -0.4 is 20.1 Å². The molecule has 5 heteroatoms. The van der Waals surface area contributed by atoms with Crippen molar-refractivity contribution < 1.29 is 9.47 Å². The van der Waals surface area contributed by atoms with Crippen molar-refractivity contribution in [3.63, 3.8) is 0 Å². The van der Waals surface area contributed by atoms with E-state index in [2.05, 4.69) is 22.2 Å². The molecule has 0 amide bonds. The number of anilines is 1. The van der Waals surface area contributed by atoms with Crippen LogP contribution in [0.1, 0.15) is 6.92 Å². The normalized spacial score (nSPS) is 10.8. The molecule has 0 radical (unpaired) electrons. The van der Waals surface area contributed by atoms with Gasteiger partial charge in [0.25, 0.3) is 0 Å². The van der Waals surface area contributed by atoms with Crippen LogP contribution in [-0.2, 0) is 0 Å². The molecule has 0 saturated heterocycles. The molecule has 0 aliphatic carbocycles. The molecule has 1 aromatic rings. The van der Waals surface area contributed by atoms with Crippen LogP contribution in [0.3, 0.4) is 0 Å². The van der Waals surface area contributed by atoms with Gasteiger partial charge in [-0.1, -0.05) is 6.08 Å². The lowest BCUT2D eigenvalue weighted by atomic mass is 10.3. The zero-order valence-corrected chi connectivity index (χ0v) is 11.7. The van der Waals surface area contributed by atoms with Crippen molar-refractivity contribution in [1.29, 1.82) is 0 Å². The van der Waals surface area contributed by atoms with Gasteiger partial charge in [0.05, 0.1) is 20.8 Å². The molecule has 0 unspecified atom stereocenters. The third-order valence-electron chi connectivity index (χ3n) is 2.37. The molecule has 0 aromatic heterocycles. The molecule has 5 nitrogen and oxygen atoms in total. The van der Waals surface area contributed by atoms with E-state index in [1.165, 1.54) is 0 Å². The Balaban J connectivity index is 2.87. The second-order valence-electron chi connectivity index (χ2n) is 3.70. The number of guanidine groups is 1. The van der Waals surface area contributed by atoms with Gasteiger partial charge in [-0.3, -0.25) is 0 Å². The van der Waals surface area contributed by atoms with Crippen molar-refractivity contribution in [2.75, 3.05) is 32.6 Å². The first-order valence-electron chi connectivity index (χ1n) is 6.13. The van der Waals surface area contributed by atoms with Crippen LogP contribution >= 0.6 is 0 Å². The van der Waals surface area contributed by atoms with Gasteiger partial charge in [0.1, 0.15) is 0 Å². The third kappa shape index (κ3) is 4.54. The summed E-state index contributed by atoms with van der Waals surface area (Å²) in [6.45, 7) is 7.01. The fraction of sp³-hybridized carbons (Fsp3) is 0.357. The molecule has 1 rings (SSSR count). The summed E-state index contributed by atoms with van der Waals surface area (Å²) in [7, 11) is 3.22. The van der Waals surface area contributed by atoms with Crippen LogP contribution in [0.25, 0.3) is 0 Å². The summed E-state index contributed by atoms with van der Waals surface area (Å²) < 4.78 is 10.5. The van der Waals surface area contributed by atoms with Crippen LogP contribution in [0.5, 0.6) is 11.5 Å². The van der Waals surface area contributed by atoms with E-state index in [1.54, 1.807) is 20.3 Å². The molecule has 0 heterocycles. The maximum atomic E-state index is 5.26. The second-order valence-corrected chi connectivity index (χ2v) is 3.70. The zero-order chi connectivity index (χ0) is 14.1. The predicted molar refractivity (Wildman–Crippen MR) is 79.3 cm³/mol. The topological polar surface area (TPSA) is 54.9 Å². The number of aliphatic imine (C=N–C) groups is 1. The minimum Gasteiger partial charge on any atom is -0.493 e.